The van der Waals surface area contributed by atoms with Gasteiger partial charge in [0.25, 0.3) is 0 Å². The molecule has 0 aromatic rings. The van der Waals surface area contributed by atoms with Crippen molar-refractivity contribution in [2.45, 2.75) is 82.7 Å². The van der Waals surface area contributed by atoms with Gasteiger partial charge in [-0.15, -0.1) is 0 Å². The minimum Gasteiger partial charge on any atom is -0.479 e. The highest BCUT2D eigenvalue weighted by Gasteiger charge is 2.59. The third-order valence-corrected chi connectivity index (χ3v) is 4.90. The highest BCUT2D eigenvalue weighted by Crippen LogP contribution is 2.37. The zero-order valence-corrected chi connectivity index (χ0v) is 15.0. The van der Waals surface area contributed by atoms with Crippen LogP contribution in [-0.2, 0) is 28.5 Å². The maximum atomic E-state index is 11.6. The van der Waals surface area contributed by atoms with Gasteiger partial charge in [-0.2, -0.15) is 0 Å². The van der Waals surface area contributed by atoms with E-state index in [1.165, 1.54) is 7.11 Å². The third-order valence-electron chi connectivity index (χ3n) is 4.90. The number of carbonyl (C=O) groups is 1. The highest BCUT2D eigenvalue weighted by molar-refractivity contribution is 5.74. The van der Waals surface area contributed by atoms with Gasteiger partial charge in [0.05, 0.1) is 6.61 Å². The number of methoxy groups -OCH3 is 2. The Balaban J connectivity index is 0.00000392. The van der Waals surface area contributed by atoms with Crippen LogP contribution in [0.5, 0.6) is 0 Å². The zero-order chi connectivity index (χ0) is 20.5. The summed E-state index contributed by atoms with van der Waals surface area (Å²) in [5, 5.41) is 59.8. The molecule has 2 rings (SSSR count). The van der Waals surface area contributed by atoms with Crippen LogP contribution in [0.3, 0.4) is 0 Å². The number of carboxylic acids is 1. The summed E-state index contributed by atoms with van der Waals surface area (Å²) in [5.41, 5.74) is -2.09. The smallest absolute Gasteiger partial charge is 0.336 e. The molecule has 29 heavy (non-hydrogen) atoms. The van der Waals surface area contributed by atoms with E-state index >= 15 is 0 Å². The minimum atomic E-state index is -2.09. The molecule has 10 atom stereocenters. The Morgan fingerprint density at radius 2 is 1.55 bits per heavy atom. The quantitative estimate of drug-likeness (QED) is 0.264. The first-order chi connectivity index (χ1) is 12.6. The molecule has 6 N–H and O–H groups in total. The van der Waals surface area contributed by atoms with Gasteiger partial charge in [0.1, 0.15) is 42.2 Å². The Morgan fingerprint density at radius 1 is 0.966 bits per heavy atom. The lowest BCUT2D eigenvalue weighted by atomic mass is 9.85. The summed E-state index contributed by atoms with van der Waals surface area (Å²) < 4.78 is 25.9. The van der Waals surface area contributed by atoms with Gasteiger partial charge in [-0.1, -0.05) is 14.9 Å². The number of rotatable bonds is 6. The summed E-state index contributed by atoms with van der Waals surface area (Å²) >= 11 is 0. The molecular formula is C17H34O12. The van der Waals surface area contributed by atoms with Gasteiger partial charge in [-0.3, -0.25) is 0 Å². The first kappa shape index (κ1) is 28.1. The molecule has 2 aliphatic heterocycles. The minimum absolute atomic E-state index is 0. The number of aliphatic hydroxyl groups excluding tert-OH is 5. The Morgan fingerprint density at radius 3 is 2.00 bits per heavy atom. The number of hydrogen-bond acceptors (Lipinski definition) is 11. The molecule has 0 radical (unpaired) electrons. The van der Waals surface area contributed by atoms with Crippen LogP contribution in [-0.4, -0.2) is 118 Å². The lowest BCUT2D eigenvalue weighted by Crippen LogP contribution is -2.70. The van der Waals surface area contributed by atoms with Crippen LogP contribution >= 0.6 is 0 Å². The summed E-state index contributed by atoms with van der Waals surface area (Å²) in [6, 6.07) is 0. The number of ether oxygens (including phenoxy) is 5. The van der Waals surface area contributed by atoms with E-state index in [1.54, 1.807) is 0 Å². The molecule has 12 heteroatoms. The predicted octanol–water partition coefficient (Wildman–Crippen LogP) is -2.33. The van der Waals surface area contributed by atoms with Gasteiger partial charge in [0, 0.05) is 14.2 Å². The van der Waals surface area contributed by atoms with E-state index in [-0.39, 0.29) is 14.9 Å². The summed E-state index contributed by atoms with van der Waals surface area (Å²) in [4.78, 5) is 11.6. The van der Waals surface area contributed by atoms with Crippen LogP contribution in [0.1, 0.15) is 21.8 Å². The third kappa shape index (κ3) is 5.05. The molecular weight excluding hydrogens is 396 g/mol. The van der Waals surface area contributed by atoms with E-state index in [0.717, 1.165) is 14.0 Å². The van der Waals surface area contributed by atoms with Crippen molar-refractivity contribution in [1.82, 2.24) is 0 Å². The predicted molar refractivity (Wildman–Crippen MR) is 96.8 cm³/mol. The zero-order valence-electron chi connectivity index (χ0n) is 15.0. The van der Waals surface area contributed by atoms with Gasteiger partial charge < -0.3 is 54.3 Å². The van der Waals surface area contributed by atoms with Crippen molar-refractivity contribution in [2.75, 3.05) is 20.8 Å². The Labute approximate surface area is 169 Å². The molecule has 12 nitrogen and oxygen atoms in total. The molecule has 2 fully saturated rings. The molecule has 0 amide bonds. The van der Waals surface area contributed by atoms with Gasteiger partial charge in [-0.25, -0.2) is 4.79 Å². The monoisotopic (exact) mass is 430 g/mol. The lowest BCUT2D eigenvalue weighted by Gasteiger charge is -2.50. The molecule has 2 aliphatic rings. The van der Waals surface area contributed by atoms with E-state index in [9.17, 15) is 35.4 Å². The van der Waals surface area contributed by atoms with Gasteiger partial charge >= 0.3 is 5.97 Å². The standard InChI is InChI=1S/C15H26O12.2CH4/c1-15(10(20)8(19)13(24-3)26-11(15)12(21)22)27-14-7(18)6(17)9(23-2)5(4-16)25-14;;/h5-11,13-14,16-20H,4H2,1-3H3,(H,21,22);2*1H4/t5?,6-,7?,8?,9-,10-,11?,13+,14-,15-;;/m0../s1. The first-order valence-corrected chi connectivity index (χ1v) is 8.22. The van der Waals surface area contributed by atoms with Crippen LogP contribution in [0.25, 0.3) is 0 Å². The van der Waals surface area contributed by atoms with Crippen LogP contribution < -0.4 is 0 Å². The first-order valence-electron chi connectivity index (χ1n) is 8.22. The molecule has 2 saturated heterocycles. The molecule has 0 aromatic carbocycles. The fourth-order valence-electron chi connectivity index (χ4n) is 3.31. The topological polar surface area (TPSA) is 185 Å². The van der Waals surface area contributed by atoms with Gasteiger partial charge in [0.15, 0.2) is 18.7 Å². The Kier molecular flexibility index (Phi) is 10.6. The van der Waals surface area contributed by atoms with E-state index in [2.05, 4.69) is 0 Å². The van der Waals surface area contributed by atoms with Crippen molar-refractivity contribution in [3.05, 3.63) is 0 Å². The van der Waals surface area contributed by atoms with Crippen molar-refractivity contribution < 1.29 is 59.1 Å². The molecule has 0 spiro atoms. The van der Waals surface area contributed by atoms with E-state index in [4.69, 9.17) is 23.7 Å². The summed E-state index contributed by atoms with van der Waals surface area (Å²) in [5.74, 6) is -1.52. The largest absolute Gasteiger partial charge is 0.479 e. The SMILES string of the molecule is C.C.CO[C@@H]1OC(C(=O)O)[C@@](C)(O[C@@H]2OC(CO)[C@H](OC)[C@@H](O)C2O)[C@@H](O)C1O. The normalized spacial score (nSPS) is 45.0. The molecule has 2 heterocycles. The van der Waals surface area contributed by atoms with Crippen molar-refractivity contribution in [1.29, 1.82) is 0 Å². The van der Waals surface area contributed by atoms with Crippen LogP contribution in [0, 0.1) is 0 Å². The highest BCUT2D eigenvalue weighted by atomic mass is 16.7. The summed E-state index contributed by atoms with van der Waals surface area (Å²) in [6.45, 7) is 0.555. The molecule has 0 aliphatic carbocycles. The number of hydrogen-bond donors (Lipinski definition) is 6. The molecule has 0 saturated carbocycles. The van der Waals surface area contributed by atoms with Crippen LogP contribution in [0.4, 0.5) is 0 Å². The van der Waals surface area contributed by atoms with E-state index in [1.807, 2.05) is 0 Å². The Bertz CT molecular complexity index is 517. The second-order valence-corrected chi connectivity index (χ2v) is 6.60. The molecule has 0 bridgehead atoms. The molecule has 174 valence electrons. The van der Waals surface area contributed by atoms with Gasteiger partial charge in [0.2, 0.25) is 0 Å². The second kappa shape index (κ2) is 10.9. The summed E-state index contributed by atoms with van der Waals surface area (Å²) in [6.07, 6.45) is -13.7. The fourth-order valence-corrected chi connectivity index (χ4v) is 3.31. The van der Waals surface area contributed by atoms with Crippen LogP contribution in [0.15, 0.2) is 0 Å². The summed E-state index contributed by atoms with van der Waals surface area (Å²) in [7, 11) is 2.40. The maximum Gasteiger partial charge on any atom is 0.336 e. The molecule has 0 aromatic heterocycles. The Hall–Kier alpha value is -0.930. The fraction of sp³-hybridized carbons (Fsp3) is 0.941. The second-order valence-electron chi connectivity index (χ2n) is 6.60. The van der Waals surface area contributed by atoms with Crippen molar-refractivity contribution in [2.24, 2.45) is 0 Å². The average molecular weight is 430 g/mol. The number of carboxylic acid groups (broad SMARTS) is 1. The number of aliphatic hydroxyl groups is 5. The van der Waals surface area contributed by atoms with Crippen LogP contribution in [0.2, 0.25) is 0 Å². The maximum absolute atomic E-state index is 11.6. The van der Waals surface area contributed by atoms with E-state index in [0.29, 0.717) is 0 Å². The van der Waals surface area contributed by atoms with Crippen molar-refractivity contribution in [3.8, 4) is 0 Å². The lowest BCUT2D eigenvalue weighted by molar-refractivity contribution is -0.379. The van der Waals surface area contributed by atoms with E-state index < -0.39 is 73.5 Å². The average Bonchev–Trinajstić information content (AvgIpc) is 2.63. The number of aliphatic carboxylic acids is 1. The van der Waals surface area contributed by atoms with Gasteiger partial charge in [-0.05, 0) is 6.92 Å². The van der Waals surface area contributed by atoms with Crippen molar-refractivity contribution >= 4 is 5.97 Å². The van der Waals surface area contributed by atoms with Crippen molar-refractivity contribution in [3.63, 3.8) is 0 Å². The molecule has 4 unspecified atom stereocenters.